The molecule has 0 radical (unpaired) electrons. The summed E-state index contributed by atoms with van der Waals surface area (Å²) < 4.78 is 16.0. The summed E-state index contributed by atoms with van der Waals surface area (Å²) in [6.07, 6.45) is 2.14. The van der Waals surface area contributed by atoms with Gasteiger partial charge in [0, 0.05) is 19.0 Å². The molecular weight excluding hydrogens is 432 g/mol. The molecule has 34 heavy (non-hydrogen) atoms. The molecule has 0 spiro atoms. The first-order chi connectivity index (χ1) is 16.4. The molecule has 0 bridgehead atoms. The Morgan fingerprint density at radius 3 is 2.26 bits per heavy atom. The zero-order valence-electron chi connectivity index (χ0n) is 21.2. The molecule has 2 aromatic carbocycles. The maximum atomic E-state index is 13.5. The van der Waals surface area contributed by atoms with Gasteiger partial charge in [0.05, 0.1) is 21.3 Å². The van der Waals surface area contributed by atoms with Gasteiger partial charge in [0.2, 0.25) is 11.8 Å². The number of ether oxygens (including phenoxy) is 3. The number of aryl methyl sites for hydroxylation is 1. The second-order valence-electron chi connectivity index (χ2n) is 8.30. The smallest absolute Gasteiger partial charge is 0.243 e. The minimum absolute atomic E-state index is 0.0436. The van der Waals surface area contributed by atoms with Crippen molar-refractivity contribution in [3.8, 4) is 17.2 Å². The summed E-state index contributed by atoms with van der Waals surface area (Å²) in [4.78, 5) is 28.2. The van der Waals surface area contributed by atoms with Crippen LogP contribution in [0.1, 0.15) is 51.2 Å². The Hall–Kier alpha value is -3.22. The number of methoxy groups -OCH3 is 3. The molecule has 2 amide bonds. The SMILES string of the molecule is CC[C@H](C(=O)N[C@@H](C)CC)N(Cc1cccc(OC)c1)C(=O)CCc1ccc(OC)c(OC)c1. The molecule has 7 nitrogen and oxygen atoms in total. The summed E-state index contributed by atoms with van der Waals surface area (Å²) in [6, 6.07) is 12.7. The van der Waals surface area contributed by atoms with Crippen molar-refractivity contribution in [3.63, 3.8) is 0 Å². The number of carbonyl (C=O) groups excluding carboxylic acids is 2. The standard InChI is InChI=1S/C27H38N2O5/c1-7-19(3)28-27(31)23(8-2)29(18-21-10-9-11-22(16-21)32-4)26(30)15-13-20-12-14-24(33-5)25(17-20)34-6/h9-12,14,16-17,19,23H,7-8,13,15,18H2,1-6H3,(H,28,31)/t19-,23+/m0/s1. The molecule has 0 aliphatic carbocycles. The van der Waals surface area contributed by atoms with Gasteiger partial charge in [0.1, 0.15) is 11.8 Å². The molecular formula is C27H38N2O5. The van der Waals surface area contributed by atoms with Crippen LogP contribution in [0.2, 0.25) is 0 Å². The molecule has 0 saturated carbocycles. The Morgan fingerprint density at radius 1 is 0.912 bits per heavy atom. The number of hydrogen-bond acceptors (Lipinski definition) is 5. The van der Waals surface area contributed by atoms with E-state index in [2.05, 4.69) is 5.32 Å². The Labute approximate surface area is 203 Å². The summed E-state index contributed by atoms with van der Waals surface area (Å²) in [7, 11) is 4.79. The fraction of sp³-hybridized carbons (Fsp3) is 0.481. The topological polar surface area (TPSA) is 77.1 Å². The van der Waals surface area contributed by atoms with Crippen LogP contribution in [0, 0.1) is 0 Å². The highest BCUT2D eigenvalue weighted by Gasteiger charge is 2.29. The van der Waals surface area contributed by atoms with Crippen LogP contribution < -0.4 is 19.5 Å². The van der Waals surface area contributed by atoms with E-state index in [1.807, 2.05) is 63.2 Å². The van der Waals surface area contributed by atoms with Gasteiger partial charge in [-0.1, -0.05) is 32.0 Å². The quantitative estimate of drug-likeness (QED) is 0.471. The van der Waals surface area contributed by atoms with E-state index in [-0.39, 0.29) is 24.3 Å². The molecule has 0 saturated heterocycles. The summed E-state index contributed by atoms with van der Waals surface area (Å²) in [5.74, 6) is 1.78. The van der Waals surface area contributed by atoms with Crippen molar-refractivity contribution >= 4 is 11.8 Å². The molecule has 2 rings (SSSR count). The molecule has 1 N–H and O–H groups in total. The van der Waals surface area contributed by atoms with E-state index in [9.17, 15) is 9.59 Å². The monoisotopic (exact) mass is 470 g/mol. The van der Waals surface area contributed by atoms with Crippen LogP contribution in [0.15, 0.2) is 42.5 Å². The lowest BCUT2D eigenvalue weighted by molar-refractivity contribution is -0.141. The lowest BCUT2D eigenvalue weighted by atomic mass is 10.0. The fourth-order valence-electron chi connectivity index (χ4n) is 3.76. The molecule has 0 aliphatic heterocycles. The van der Waals surface area contributed by atoms with E-state index < -0.39 is 6.04 Å². The van der Waals surface area contributed by atoms with E-state index in [1.54, 1.807) is 26.2 Å². The number of benzene rings is 2. The summed E-state index contributed by atoms with van der Waals surface area (Å²) in [6.45, 7) is 6.25. The third-order valence-electron chi connectivity index (χ3n) is 5.95. The average molecular weight is 471 g/mol. The van der Waals surface area contributed by atoms with Crippen molar-refractivity contribution in [2.24, 2.45) is 0 Å². The van der Waals surface area contributed by atoms with Crippen LogP contribution in [0.3, 0.4) is 0 Å². The molecule has 0 aliphatic rings. The molecule has 0 heterocycles. The zero-order valence-corrected chi connectivity index (χ0v) is 21.2. The van der Waals surface area contributed by atoms with Crippen LogP contribution in [0.25, 0.3) is 0 Å². The molecule has 0 aromatic heterocycles. The number of carbonyl (C=O) groups is 2. The van der Waals surface area contributed by atoms with Crippen molar-refractivity contribution in [3.05, 3.63) is 53.6 Å². The van der Waals surface area contributed by atoms with Crippen LogP contribution >= 0.6 is 0 Å². The van der Waals surface area contributed by atoms with Gasteiger partial charge in [-0.2, -0.15) is 0 Å². The lowest BCUT2D eigenvalue weighted by Crippen LogP contribution is -2.50. The van der Waals surface area contributed by atoms with Gasteiger partial charge in [0.25, 0.3) is 0 Å². The van der Waals surface area contributed by atoms with Crippen LogP contribution in [0.5, 0.6) is 17.2 Å². The third kappa shape index (κ3) is 7.40. The largest absolute Gasteiger partial charge is 0.497 e. The van der Waals surface area contributed by atoms with Crippen molar-refractivity contribution in [2.45, 2.75) is 65.1 Å². The van der Waals surface area contributed by atoms with Crippen molar-refractivity contribution < 1.29 is 23.8 Å². The van der Waals surface area contributed by atoms with Gasteiger partial charge >= 0.3 is 0 Å². The molecule has 7 heteroatoms. The highest BCUT2D eigenvalue weighted by Crippen LogP contribution is 2.28. The molecule has 2 aromatic rings. The van der Waals surface area contributed by atoms with Gasteiger partial charge in [-0.05, 0) is 61.6 Å². The summed E-state index contributed by atoms with van der Waals surface area (Å²) in [5.41, 5.74) is 1.87. The number of rotatable bonds is 13. The second kappa shape index (κ2) is 13.5. The lowest BCUT2D eigenvalue weighted by Gasteiger charge is -2.31. The average Bonchev–Trinajstić information content (AvgIpc) is 2.86. The first-order valence-electron chi connectivity index (χ1n) is 11.8. The molecule has 186 valence electrons. The minimum atomic E-state index is -0.557. The van der Waals surface area contributed by atoms with Crippen LogP contribution in [-0.4, -0.2) is 50.1 Å². The van der Waals surface area contributed by atoms with Crippen LogP contribution in [-0.2, 0) is 22.6 Å². The van der Waals surface area contributed by atoms with E-state index in [0.717, 1.165) is 17.5 Å². The highest BCUT2D eigenvalue weighted by molar-refractivity contribution is 5.88. The predicted octanol–water partition coefficient (Wildman–Crippen LogP) is 4.37. The van der Waals surface area contributed by atoms with Gasteiger partial charge in [-0.25, -0.2) is 0 Å². The van der Waals surface area contributed by atoms with Gasteiger partial charge in [-0.15, -0.1) is 0 Å². The van der Waals surface area contributed by atoms with E-state index >= 15 is 0 Å². The second-order valence-corrected chi connectivity index (χ2v) is 8.30. The van der Waals surface area contributed by atoms with E-state index in [0.29, 0.717) is 36.6 Å². The van der Waals surface area contributed by atoms with Crippen molar-refractivity contribution in [1.82, 2.24) is 10.2 Å². The molecule has 0 unspecified atom stereocenters. The number of hydrogen-bond donors (Lipinski definition) is 1. The first kappa shape index (κ1) is 27.0. The maximum absolute atomic E-state index is 13.5. The summed E-state index contributed by atoms with van der Waals surface area (Å²) in [5, 5.41) is 3.04. The molecule has 0 fully saturated rings. The Morgan fingerprint density at radius 2 is 1.65 bits per heavy atom. The minimum Gasteiger partial charge on any atom is -0.497 e. The number of nitrogens with one attached hydrogen (secondary N) is 1. The van der Waals surface area contributed by atoms with Gasteiger partial charge < -0.3 is 24.4 Å². The van der Waals surface area contributed by atoms with E-state index in [4.69, 9.17) is 14.2 Å². The van der Waals surface area contributed by atoms with E-state index in [1.165, 1.54) is 0 Å². The molecule has 2 atom stereocenters. The summed E-state index contributed by atoms with van der Waals surface area (Å²) >= 11 is 0. The van der Waals surface area contributed by atoms with Crippen LogP contribution in [0.4, 0.5) is 0 Å². The fourth-order valence-corrected chi connectivity index (χ4v) is 3.76. The first-order valence-corrected chi connectivity index (χ1v) is 11.8. The number of amides is 2. The van der Waals surface area contributed by atoms with Gasteiger partial charge in [0.15, 0.2) is 11.5 Å². The Balaban J connectivity index is 2.25. The zero-order chi connectivity index (χ0) is 25.1. The number of nitrogens with zero attached hydrogens (tertiary/aromatic N) is 1. The predicted molar refractivity (Wildman–Crippen MR) is 133 cm³/mol. The Bertz CT molecular complexity index is 946. The van der Waals surface area contributed by atoms with Gasteiger partial charge in [-0.3, -0.25) is 9.59 Å². The highest BCUT2D eigenvalue weighted by atomic mass is 16.5. The third-order valence-corrected chi connectivity index (χ3v) is 5.95. The normalized spacial score (nSPS) is 12.4. The van der Waals surface area contributed by atoms with Crippen molar-refractivity contribution in [1.29, 1.82) is 0 Å². The Kier molecular flexibility index (Phi) is 10.7. The van der Waals surface area contributed by atoms with Crippen molar-refractivity contribution in [2.75, 3.05) is 21.3 Å². The maximum Gasteiger partial charge on any atom is 0.243 e.